The molecule has 0 amide bonds. The number of aromatic nitrogens is 5. The summed E-state index contributed by atoms with van der Waals surface area (Å²) in [6.07, 6.45) is 6.46. The van der Waals surface area contributed by atoms with Crippen LogP contribution >= 0.6 is 0 Å². The molecule has 6 nitrogen and oxygen atoms in total. The number of nitriles is 1. The lowest BCUT2D eigenvalue weighted by molar-refractivity contribution is 1.15. The first-order valence-electron chi connectivity index (χ1n) is 7.91. The van der Waals surface area contributed by atoms with E-state index in [0.717, 1.165) is 17.0 Å². The molecule has 0 aromatic carbocycles. The first kappa shape index (κ1) is 15.5. The minimum absolute atomic E-state index is 0.415. The van der Waals surface area contributed by atoms with E-state index in [1.165, 1.54) is 12.4 Å². The van der Waals surface area contributed by atoms with Crippen LogP contribution in [-0.2, 0) is 0 Å². The molecule has 0 unspecified atom stereocenters. The van der Waals surface area contributed by atoms with Crippen molar-refractivity contribution in [2.75, 3.05) is 0 Å². The van der Waals surface area contributed by atoms with Crippen LogP contribution in [0.1, 0.15) is 5.56 Å². The van der Waals surface area contributed by atoms with E-state index < -0.39 is 0 Å². The molecule has 26 heavy (non-hydrogen) atoms. The van der Waals surface area contributed by atoms with Gasteiger partial charge in [0.05, 0.1) is 28.3 Å². The van der Waals surface area contributed by atoms with E-state index in [1.807, 2.05) is 54.6 Å². The third kappa shape index (κ3) is 3.14. The fraction of sp³-hybridized carbons (Fsp3) is 0. The van der Waals surface area contributed by atoms with Gasteiger partial charge in [-0.2, -0.15) is 5.26 Å². The van der Waals surface area contributed by atoms with Crippen LogP contribution in [0.25, 0.3) is 34.2 Å². The molecule has 0 fully saturated rings. The van der Waals surface area contributed by atoms with Crippen LogP contribution in [0.2, 0.25) is 0 Å². The Morgan fingerprint density at radius 1 is 0.692 bits per heavy atom. The molecule has 0 spiro atoms. The normalized spacial score (nSPS) is 10.3. The first-order valence-corrected chi connectivity index (χ1v) is 7.91. The summed E-state index contributed by atoms with van der Waals surface area (Å²) in [5.41, 5.74) is 4.11. The molecule has 0 aliphatic rings. The van der Waals surface area contributed by atoms with Gasteiger partial charge < -0.3 is 0 Å². The highest BCUT2D eigenvalue weighted by Gasteiger charge is 2.11. The standard InChI is InChI=1S/C20H12N6/c21-11-14-12-24-20(25-13-14)15-9-18(16-5-1-3-7-22-16)26-19(10-15)17-6-2-4-8-23-17/h1-10,12-13H. The van der Waals surface area contributed by atoms with Crippen LogP contribution < -0.4 is 0 Å². The van der Waals surface area contributed by atoms with Gasteiger partial charge >= 0.3 is 0 Å². The highest BCUT2D eigenvalue weighted by atomic mass is 14.9. The molecule has 0 atom stereocenters. The Hall–Kier alpha value is -3.98. The van der Waals surface area contributed by atoms with Gasteiger partial charge in [0.15, 0.2) is 5.82 Å². The van der Waals surface area contributed by atoms with Gasteiger partial charge in [-0.05, 0) is 36.4 Å². The molecule has 0 aliphatic heterocycles. The van der Waals surface area contributed by atoms with Crippen molar-refractivity contribution in [1.29, 1.82) is 5.26 Å². The molecule has 6 heteroatoms. The van der Waals surface area contributed by atoms with Crippen molar-refractivity contribution in [3.63, 3.8) is 0 Å². The second-order valence-electron chi connectivity index (χ2n) is 5.46. The third-order valence-corrected chi connectivity index (χ3v) is 3.72. The van der Waals surface area contributed by atoms with E-state index in [-0.39, 0.29) is 0 Å². The second kappa shape index (κ2) is 6.87. The molecule has 4 rings (SSSR count). The molecule has 0 radical (unpaired) electrons. The maximum atomic E-state index is 8.93. The molecule has 0 N–H and O–H groups in total. The summed E-state index contributed by atoms with van der Waals surface area (Å²) in [4.78, 5) is 22.0. The zero-order chi connectivity index (χ0) is 17.8. The predicted octanol–water partition coefficient (Wildman–Crippen LogP) is 3.53. The Kier molecular flexibility index (Phi) is 4.11. The van der Waals surface area contributed by atoms with E-state index in [9.17, 15) is 0 Å². The summed E-state index contributed by atoms with van der Waals surface area (Å²) in [5, 5.41) is 8.93. The van der Waals surface area contributed by atoms with Crippen LogP contribution in [-0.4, -0.2) is 24.9 Å². The van der Waals surface area contributed by atoms with Crippen LogP contribution in [0.3, 0.4) is 0 Å². The zero-order valence-corrected chi connectivity index (χ0v) is 13.6. The summed E-state index contributed by atoms with van der Waals surface area (Å²) < 4.78 is 0. The minimum Gasteiger partial charge on any atom is -0.255 e. The van der Waals surface area contributed by atoms with Crippen molar-refractivity contribution in [3.05, 3.63) is 78.9 Å². The molecule has 4 aromatic rings. The fourth-order valence-corrected chi connectivity index (χ4v) is 2.49. The van der Waals surface area contributed by atoms with Gasteiger partial charge in [0, 0.05) is 30.4 Å². The lowest BCUT2D eigenvalue weighted by Crippen LogP contribution is -1.96. The summed E-state index contributed by atoms with van der Waals surface area (Å²) in [6.45, 7) is 0. The Morgan fingerprint density at radius 2 is 1.27 bits per heavy atom. The van der Waals surface area contributed by atoms with Crippen LogP contribution in [0.4, 0.5) is 0 Å². The highest BCUT2D eigenvalue weighted by molar-refractivity contribution is 5.71. The van der Waals surface area contributed by atoms with Gasteiger partial charge in [0.2, 0.25) is 0 Å². The summed E-state index contributed by atoms with van der Waals surface area (Å²) in [5.74, 6) is 0.515. The molecule has 0 saturated heterocycles. The maximum Gasteiger partial charge on any atom is 0.159 e. The molecule has 4 heterocycles. The largest absolute Gasteiger partial charge is 0.255 e. The van der Waals surface area contributed by atoms with Crippen LogP contribution in [0, 0.1) is 11.3 Å². The van der Waals surface area contributed by atoms with Crippen molar-refractivity contribution < 1.29 is 0 Å². The van der Waals surface area contributed by atoms with E-state index >= 15 is 0 Å². The van der Waals surface area contributed by atoms with E-state index in [2.05, 4.69) is 19.9 Å². The summed E-state index contributed by atoms with van der Waals surface area (Å²) in [7, 11) is 0. The Labute approximate surface area is 149 Å². The lowest BCUT2D eigenvalue weighted by atomic mass is 10.1. The Morgan fingerprint density at radius 3 is 1.73 bits per heavy atom. The average Bonchev–Trinajstić information content (AvgIpc) is 2.75. The minimum atomic E-state index is 0.415. The van der Waals surface area contributed by atoms with Crippen LogP contribution in [0.15, 0.2) is 73.3 Å². The van der Waals surface area contributed by atoms with Crippen molar-refractivity contribution >= 4 is 0 Å². The van der Waals surface area contributed by atoms with E-state index in [0.29, 0.717) is 22.8 Å². The van der Waals surface area contributed by atoms with E-state index in [1.54, 1.807) is 12.4 Å². The number of hydrogen-bond acceptors (Lipinski definition) is 6. The number of nitrogens with zero attached hydrogens (tertiary/aromatic N) is 6. The van der Waals surface area contributed by atoms with Crippen molar-refractivity contribution in [1.82, 2.24) is 24.9 Å². The predicted molar refractivity (Wildman–Crippen MR) is 96.4 cm³/mol. The topological polar surface area (TPSA) is 88.2 Å². The number of rotatable bonds is 3. The SMILES string of the molecule is N#Cc1cnc(-c2cc(-c3ccccn3)nc(-c3ccccn3)c2)nc1. The van der Waals surface area contributed by atoms with E-state index in [4.69, 9.17) is 10.2 Å². The number of hydrogen-bond donors (Lipinski definition) is 0. The van der Waals surface area contributed by atoms with Crippen molar-refractivity contribution in [3.8, 4) is 40.2 Å². The molecule has 0 aliphatic carbocycles. The monoisotopic (exact) mass is 336 g/mol. The van der Waals surface area contributed by atoms with Crippen LogP contribution in [0.5, 0.6) is 0 Å². The molecular weight excluding hydrogens is 324 g/mol. The second-order valence-corrected chi connectivity index (χ2v) is 5.46. The fourth-order valence-electron chi connectivity index (χ4n) is 2.49. The molecular formula is C20H12N6. The molecule has 0 saturated carbocycles. The van der Waals surface area contributed by atoms with Gasteiger partial charge in [-0.3, -0.25) is 9.97 Å². The maximum absolute atomic E-state index is 8.93. The van der Waals surface area contributed by atoms with Gasteiger partial charge in [-0.1, -0.05) is 12.1 Å². The molecule has 0 bridgehead atoms. The summed E-state index contributed by atoms with van der Waals surface area (Å²) in [6, 6.07) is 17.1. The summed E-state index contributed by atoms with van der Waals surface area (Å²) >= 11 is 0. The van der Waals surface area contributed by atoms with Crippen molar-refractivity contribution in [2.45, 2.75) is 0 Å². The third-order valence-electron chi connectivity index (χ3n) is 3.72. The number of pyridine rings is 3. The van der Waals surface area contributed by atoms with Gasteiger partial charge in [0.1, 0.15) is 6.07 Å². The quantitative estimate of drug-likeness (QED) is 0.568. The molecule has 122 valence electrons. The molecule has 4 aromatic heterocycles. The van der Waals surface area contributed by atoms with Gasteiger partial charge in [0.25, 0.3) is 0 Å². The highest BCUT2D eigenvalue weighted by Crippen LogP contribution is 2.26. The lowest BCUT2D eigenvalue weighted by Gasteiger charge is -2.08. The van der Waals surface area contributed by atoms with Gasteiger partial charge in [-0.15, -0.1) is 0 Å². The average molecular weight is 336 g/mol. The zero-order valence-electron chi connectivity index (χ0n) is 13.6. The van der Waals surface area contributed by atoms with Gasteiger partial charge in [-0.25, -0.2) is 15.0 Å². The Bertz CT molecular complexity index is 1010. The first-order chi connectivity index (χ1) is 12.8. The Balaban J connectivity index is 1.89. The smallest absolute Gasteiger partial charge is 0.159 e. The van der Waals surface area contributed by atoms with Crippen molar-refractivity contribution in [2.24, 2.45) is 0 Å².